The summed E-state index contributed by atoms with van der Waals surface area (Å²) in [6, 6.07) is 5.66. The number of methoxy groups -OCH3 is 1. The lowest BCUT2D eigenvalue weighted by molar-refractivity contribution is -0.116. The van der Waals surface area contributed by atoms with Gasteiger partial charge in [0, 0.05) is 17.8 Å². The average molecular weight is 354 g/mol. The molecule has 26 heavy (non-hydrogen) atoms. The predicted molar refractivity (Wildman–Crippen MR) is 99.4 cm³/mol. The summed E-state index contributed by atoms with van der Waals surface area (Å²) in [6.07, 6.45) is 0.858. The first-order valence-electron chi connectivity index (χ1n) is 8.32. The van der Waals surface area contributed by atoms with E-state index < -0.39 is 0 Å². The van der Waals surface area contributed by atoms with E-state index in [1.807, 2.05) is 39.0 Å². The summed E-state index contributed by atoms with van der Waals surface area (Å²) < 4.78 is 6.91. The molecule has 3 rings (SSSR count). The minimum Gasteiger partial charge on any atom is -0.495 e. The van der Waals surface area contributed by atoms with Gasteiger partial charge in [0.25, 0.3) is 5.78 Å². The summed E-state index contributed by atoms with van der Waals surface area (Å²) in [5.74, 6) is 1.19. The number of nitrogens with two attached hydrogens (primary N) is 1. The first-order chi connectivity index (χ1) is 12.4. The van der Waals surface area contributed by atoms with Crippen molar-refractivity contribution >= 4 is 23.3 Å². The molecule has 0 aliphatic rings. The van der Waals surface area contributed by atoms with E-state index >= 15 is 0 Å². The molecule has 1 amide bonds. The maximum Gasteiger partial charge on any atom is 0.254 e. The van der Waals surface area contributed by atoms with Gasteiger partial charge in [0.2, 0.25) is 11.9 Å². The van der Waals surface area contributed by atoms with Crippen LogP contribution in [0.3, 0.4) is 0 Å². The molecular weight excluding hydrogens is 332 g/mol. The zero-order valence-electron chi connectivity index (χ0n) is 15.3. The van der Waals surface area contributed by atoms with Crippen LogP contribution in [0.5, 0.6) is 5.75 Å². The number of hydrogen-bond acceptors (Lipinski definition) is 6. The summed E-state index contributed by atoms with van der Waals surface area (Å²) in [5, 5.41) is 7.06. The largest absolute Gasteiger partial charge is 0.495 e. The van der Waals surface area contributed by atoms with Crippen molar-refractivity contribution in [2.24, 2.45) is 0 Å². The van der Waals surface area contributed by atoms with Crippen molar-refractivity contribution in [1.82, 2.24) is 19.6 Å². The number of carbonyl (C=O) groups is 1. The highest BCUT2D eigenvalue weighted by Crippen LogP contribution is 2.25. The van der Waals surface area contributed by atoms with Crippen LogP contribution in [-0.4, -0.2) is 32.6 Å². The van der Waals surface area contributed by atoms with Crippen LogP contribution in [0.4, 0.5) is 11.6 Å². The topological polar surface area (TPSA) is 107 Å². The zero-order valence-corrected chi connectivity index (χ0v) is 15.3. The van der Waals surface area contributed by atoms with Gasteiger partial charge >= 0.3 is 0 Å². The van der Waals surface area contributed by atoms with Crippen LogP contribution in [-0.2, 0) is 11.2 Å². The molecule has 136 valence electrons. The summed E-state index contributed by atoms with van der Waals surface area (Å²) >= 11 is 0. The van der Waals surface area contributed by atoms with Crippen molar-refractivity contribution in [3.05, 3.63) is 40.7 Å². The van der Waals surface area contributed by atoms with Crippen LogP contribution in [0.25, 0.3) is 5.78 Å². The predicted octanol–water partition coefficient (Wildman–Crippen LogP) is 2.21. The third-order valence-electron chi connectivity index (χ3n) is 4.30. The van der Waals surface area contributed by atoms with Gasteiger partial charge in [-0.15, -0.1) is 5.10 Å². The van der Waals surface area contributed by atoms with Gasteiger partial charge in [-0.25, -0.2) is 4.98 Å². The van der Waals surface area contributed by atoms with E-state index in [4.69, 9.17) is 10.5 Å². The molecule has 0 saturated carbocycles. The Kier molecular flexibility index (Phi) is 4.75. The highest BCUT2D eigenvalue weighted by Gasteiger charge is 2.14. The summed E-state index contributed by atoms with van der Waals surface area (Å²) in [6.45, 7) is 5.79. The Balaban J connectivity index is 1.76. The smallest absolute Gasteiger partial charge is 0.254 e. The second-order valence-electron chi connectivity index (χ2n) is 6.19. The van der Waals surface area contributed by atoms with Crippen LogP contribution in [0.15, 0.2) is 18.2 Å². The molecule has 0 fully saturated rings. The zero-order chi connectivity index (χ0) is 18.8. The standard InChI is InChI=1S/C18H22N6O2/c1-10-5-7-15(26-4)14(9-10)21-16(25)8-6-13-11(2)20-18-22-17(19)23-24(18)12(13)3/h5,7,9H,6,8H2,1-4H3,(H2,19,23)(H,21,25). The van der Waals surface area contributed by atoms with Crippen molar-refractivity contribution in [3.8, 4) is 5.75 Å². The van der Waals surface area contributed by atoms with Gasteiger partial charge in [-0.1, -0.05) is 6.07 Å². The van der Waals surface area contributed by atoms with Crippen molar-refractivity contribution < 1.29 is 9.53 Å². The number of nitrogen functional groups attached to an aromatic ring is 1. The molecule has 0 aliphatic heterocycles. The summed E-state index contributed by atoms with van der Waals surface area (Å²) in [7, 11) is 1.58. The minimum atomic E-state index is -0.0918. The van der Waals surface area contributed by atoms with E-state index in [-0.39, 0.29) is 11.9 Å². The van der Waals surface area contributed by atoms with Gasteiger partial charge in [0.15, 0.2) is 0 Å². The number of anilines is 2. The number of rotatable bonds is 5. The SMILES string of the molecule is COc1ccc(C)cc1NC(=O)CCc1c(C)nc2nc(N)nn2c1C. The fraction of sp³-hybridized carbons (Fsp3) is 0.333. The molecule has 8 heteroatoms. The Morgan fingerprint density at radius 1 is 1.27 bits per heavy atom. The molecule has 0 radical (unpaired) electrons. The number of hydrogen-bond donors (Lipinski definition) is 2. The molecule has 2 heterocycles. The Labute approximate surface area is 151 Å². The first-order valence-corrected chi connectivity index (χ1v) is 8.32. The van der Waals surface area contributed by atoms with E-state index in [0.29, 0.717) is 30.1 Å². The number of ether oxygens (including phenoxy) is 1. The third kappa shape index (κ3) is 3.44. The third-order valence-corrected chi connectivity index (χ3v) is 4.30. The van der Waals surface area contributed by atoms with Gasteiger partial charge in [-0.3, -0.25) is 4.79 Å². The lowest BCUT2D eigenvalue weighted by Crippen LogP contribution is -2.15. The van der Waals surface area contributed by atoms with Crippen LogP contribution in [0, 0.1) is 20.8 Å². The van der Waals surface area contributed by atoms with Gasteiger partial charge < -0.3 is 15.8 Å². The van der Waals surface area contributed by atoms with Crippen LogP contribution < -0.4 is 15.8 Å². The molecule has 0 bridgehead atoms. The van der Waals surface area contributed by atoms with Crippen molar-refractivity contribution in [2.75, 3.05) is 18.2 Å². The van der Waals surface area contributed by atoms with Crippen molar-refractivity contribution in [1.29, 1.82) is 0 Å². The molecule has 0 unspecified atom stereocenters. The molecule has 8 nitrogen and oxygen atoms in total. The fourth-order valence-corrected chi connectivity index (χ4v) is 2.96. The number of fused-ring (bicyclic) bond motifs is 1. The normalized spacial score (nSPS) is 10.9. The second kappa shape index (κ2) is 6.99. The number of benzene rings is 1. The van der Waals surface area contributed by atoms with E-state index in [2.05, 4.69) is 20.4 Å². The number of carbonyl (C=O) groups excluding carboxylic acids is 1. The van der Waals surface area contributed by atoms with E-state index in [0.717, 1.165) is 22.5 Å². The molecule has 0 saturated heterocycles. The van der Waals surface area contributed by atoms with Crippen molar-refractivity contribution in [3.63, 3.8) is 0 Å². The molecule has 3 N–H and O–H groups in total. The molecule has 0 spiro atoms. The number of nitrogens with one attached hydrogen (secondary N) is 1. The number of nitrogens with zero attached hydrogens (tertiary/aromatic N) is 4. The number of aromatic nitrogens is 4. The summed E-state index contributed by atoms with van der Waals surface area (Å²) in [5.41, 5.74) is 10.0. The Hall–Kier alpha value is -3.16. The van der Waals surface area contributed by atoms with Gasteiger partial charge in [-0.05, 0) is 50.5 Å². The lowest BCUT2D eigenvalue weighted by Gasteiger charge is -2.12. The highest BCUT2D eigenvalue weighted by atomic mass is 16.5. The first kappa shape index (κ1) is 17.7. The van der Waals surface area contributed by atoms with E-state index in [1.54, 1.807) is 11.6 Å². The Bertz CT molecular complexity index is 979. The summed E-state index contributed by atoms with van der Waals surface area (Å²) in [4.78, 5) is 20.9. The molecule has 1 aromatic carbocycles. The van der Waals surface area contributed by atoms with Gasteiger partial charge in [0.05, 0.1) is 12.8 Å². The molecular formula is C18H22N6O2. The van der Waals surface area contributed by atoms with Gasteiger partial charge in [-0.2, -0.15) is 9.50 Å². The molecule has 0 aliphatic carbocycles. The highest BCUT2D eigenvalue weighted by molar-refractivity contribution is 5.92. The Morgan fingerprint density at radius 2 is 2.04 bits per heavy atom. The Morgan fingerprint density at radius 3 is 2.77 bits per heavy atom. The number of aryl methyl sites for hydroxylation is 3. The fourth-order valence-electron chi connectivity index (χ4n) is 2.96. The van der Waals surface area contributed by atoms with E-state index in [1.165, 1.54) is 0 Å². The quantitative estimate of drug-likeness (QED) is 0.727. The average Bonchev–Trinajstić information content (AvgIpc) is 2.95. The van der Waals surface area contributed by atoms with Crippen LogP contribution >= 0.6 is 0 Å². The second-order valence-corrected chi connectivity index (χ2v) is 6.19. The van der Waals surface area contributed by atoms with Gasteiger partial charge in [0.1, 0.15) is 5.75 Å². The number of amides is 1. The maximum atomic E-state index is 12.4. The minimum absolute atomic E-state index is 0.0918. The van der Waals surface area contributed by atoms with Crippen molar-refractivity contribution in [2.45, 2.75) is 33.6 Å². The lowest BCUT2D eigenvalue weighted by atomic mass is 10.1. The van der Waals surface area contributed by atoms with E-state index in [9.17, 15) is 4.79 Å². The molecule has 0 atom stereocenters. The van der Waals surface area contributed by atoms with Crippen LogP contribution in [0.1, 0.15) is 28.9 Å². The monoisotopic (exact) mass is 354 g/mol. The molecule has 2 aromatic heterocycles. The van der Waals surface area contributed by atoms with Crippen LogP contribution in [0.2, 0.25) is 0 Å². The molecule has 3 aromatic rings. The maximum absolute atomic E-state index is 12.4.